The van der Waals surface area contributed by atoms with E-state index >= 15 is 0 Å². The molecule has 16 heavy (non-hydrogen) atoms. The quantitative estimate of drug-likeness (QED) is 0.551. The average Bonchev–Trinajstić information content (AvgIpc) is 2.50. The molecule has 1 heterocycles. The predicted molar refractivity (Wildman–Crippen MR) is 71.7 cm³/mol. The third kappa shape index (κ3) is 5.13. The van der Waals surface area contributed by atoms with Crippen molar-refractivity contribution in [1.29, 1.82) is 0 Å². The van der Waals surface area contributed by atoms with Gasteiger partial charge in [-0.3, -0.25) is 0 Å². The molecule has 0 saturated carbocycles. The summed E-state index contributed by atoms with van der Waals surface area (Å²) in [6.07, 6.45) is 6.12. The third-order valence-electron chi connectivity index (χ3n) is 3.70. The second-order valence-corrected chi connectivity index (χ2v) is 5.27. The van der Waals surface area contributed by atoms with Crippen LogP contribution in [-0.2, 0) is 0 Å². The Bertz CT molecular complexity index is 189. The van der Waals surface area contributed by atoms with Crippen molar-refractivity contribution in [1.82, 2.24) is 10.2 Å². The van der Waals surface area contributed by atoms with Gasteiger partial charge in [0.05, 0.1) is 0 Å². The summed E-state index contributed by atoms with van der Waals surface area (Å²) in [7, 11) is 0. The number of nitrogens with zero attached hydrogens (tertiary/aromatic N) is 1. The summed E-state index contributed by atoms with van der Waals surface area (Å²) in [6.45, 7) is 14.2. The number of likely N-dealkylation sites (tertiary alicyclic amines) is 1. The Morgan fingerprint density at radius 2 is 2.19 bits per heavy atom. The van der Waals surface area contributed by atoms with E-state index in [2.05, 4.69) is 30.6 Å². The van der Waals surface area contributed by atoms with Gasteiger partial charge < -0.3 is 10.2 Å². The maximum absolute atomic E-state index is 3.71. The monoisotopic (exact) mass is 224 g/mol. The fourth-order valence-electron chi connectivity index (χ4n) is 2.51. The summed E-state index contributed by atoms with van der Waals surface area (Å²) in [6, 6.07) is 0. The lowest BCUT2D eigenvalue weighted by molar-refractivity contribution is 0.273. The molecule has 1 N–H and O–H groups in total. The van der Waals surface area contributed by atoms with Crippen molar-refractivity contribution in [2.24, 2.45) is 11.8 Å². The van der Waals surface area contributed by atoms with Crippen LogP contribution in [0.4, 0.5) is 0 Å². The second-order valence-electron chi connectivity index (χ2n) is 5.27. The fourth-order valence-corrected chi connectivity index (χ4v) is 2.51. The molecule has 0 aliphatic carbocycles. The summed E-state index contributed by atoms with van der Waals surface area (Å²) in [5, 5.41) is 3.38. The van der Waals surface area contributed by atoms with E-state index in [0.717, 1.165) is 24.9 Å². The zero-order chi connectivity index (χ0) is 11.8. The van der Waals surface area contributed by atoms with Crippen LogP contribution < -0.4 is 5.32 Å². The van der Waals surface area contributed by atoms with Gasteiger partial charge in [-0.15, -0.1) is 6.58 Å². The Kier molecular flexibility index (Phi) is 6.74. The van der Waals surface area contributed by atoms with Crippen LogP contribution in [0.3, 0.4) is 0 Å². The fraction of sp³-hybridized carbons (Fsp3) is 0.857. The SMILES string of the molecule is C=CCNCCN1CCCC(C(C)C)CC1. The van der Waals surface area contributed by atoms with E-state index < -0.39 is 0 Å². The molecule has 0 aromatic carbocycles. The van der Waals surface area contributed by atoms with Gasteiger partial charge in [-0.25, -0.2) is 0 Å². The normalized spacial score (nSPS) is 23.3. The van der Waals surface area contributed by atoms with E-state index in [1.165, 1.54) is 38.9 Å². The Balaban J connectivity index is 2.17. The van der Waals surface area contributed by atoms with E-state index in [4.69, 9.17) is 0 Å². The molecule has 1 fully saturated rings. The molecule has 0 bridgehead atoms. The largest absolute Gasteiger partial charge is 0.312 e. The van der Waals surface area contributed by atoms with Crippen molar-refractivity contribution in [3.05, 3.63) is 12.7 Å². The highest BCUT2D eigenvalue weighted by molar-refractivity contribution is 4.74. The van der Waals surface area contributed by atoms with Gasteiger partial charge in [-0.05, 0) is 44.2 Å². The first-order chi connectivity index (χ1) is 7.74. The summed E-state index contributed by atoms with van der Waals surface area (Å²) in [4.78, 5) is 2.61. The predicted octanol–water partition coefficient (Wildman–Crippen LogP) is 2.52. The molecule has 2 nitrogen and oxygen atoms in total. The van der Waals surface area contributed by atoms with Crippen LogP contribution in [0.15, 0.2) is 12.7 Å². The molecule has 1 aliphatic rings. The molecule has 1 rings (SSSR count). The van der Waals surface area contributed by atoms with Gasteiger partial charge in [0.25, 0.3) is 0 Å². The highest BCUT2D eigenvalue weighted by Gasteiger charge is 2.18. The number of nitrogens with one attached hydrogen (secondary N) is 1. The molecule has 0 radical (unpaired) electrons. The molecule has 0 aromatic heterocycles. The van der Waals surface area contributed by atoms with Crippen molar-refractivity contribution in [3.8, 4) is 0 Å². The van der Waals surface area contributed by atoms with Crippen LogP contribution >= 0.6 is 0 Å². The van der Waals surface area contributed by atoms with Crippen LogP contribution in [0.2, 0.25) is 0 Å². The van der Waals surface area contributed by atoms with E-state index in [0.29, 0.717) is 0 Å². The summed E-state index contributed by atoms with van der Waals surface area (Å²) >= 11 is 0. The number of hydrogen-bond acceptors (Lipinski definition) is 2. The minimum atomic E-state index is 0.860. The van der Waals surface area contributed by atoms with Gasteiger partial charge in [-0.1, -0.05) is 19.9 Å². The molecule has 94 valence electrons. The topological polar surface area (TPSA) is 15.3 Å². The molecule has 0 amide bonds. The van der Waals surface area contributed by atoms with Gasteiger partial charge in [0, 0.05) is 19.6 Å². The van der Waals surface area contributed by atoms with Crippen molar-refractivity contribution in [2.75, 3.05) is 32.7 Å². The van der Waals surface area contributed by atoms with Gasteiger partial charge in [-0.2, -0.15) is 0 Å². The molecule has 2 heteroatoms. The van der Waals surface area contributed by atoms with Crippen LogP contribution in [0.5, 0.6) is 0 Å². The Morgan fingerprint density at radius 1 is 1.38 bits per heavy atom. The first kappa shape index (κ1) is 13.7. The van der Waals surface area contributed by atoms with E-state index in [1.807, 2.05) is 6.08 Å². The summed E-state index contributed by atoms with van der Waals surface area (Å²) in [5.41, 5.74) is 0. The van der Waals surface area contributed by atoms with Crippen LogP contribution in [0.25, 0.3) is 0 Å². The highest BCUT2D eigenvalue weighted by atomic mass is 15.1. The molecule has 1 atom stereocenters. The number of rotatable bonds is 6. The molecular weight excluding hydrogens is 196 g/mol. The lowest BCUT2D eigenvalue weighted by atomic mass is 9.89. The first-order valence-corrected chi connectivity index (χ1v) is 6.78. The molecule has 0 spiro atoms. The van der Waals surface area contributed by atoms with Gasteiger partial charge in [0.15, 0.2) is 0 Å². The van der Waals surface area contributed by atoms with Gasteiger partial charge in [0.2, 0.25) is 0 Å². The van der Waals surface area contributed by atoms with E-state index in [-0.39, 0.29) is 0 Å². The minimum absolute atomic E-state index is 0.860. The Hall–Kier alpha value is -0.340. The Labute approximate surface area is 101 Å². The maximum atomic E-state index is 3.71. The van der Waals surface area contributed by atoms with Crippen molar-refractivity contribution in [2.45, 2.75) is 33.1 Å². The van der Waals surface area contributed by atoms with Crippen LogP contribution in [0.1, 0.15) is 33.1 Å². The van der Waals surface area contributed by atoms with Crippen LogP contribution in [-0.4, -0.2) is 37.6 Å². The highest BCUT2D eigenvalue weighted by Crippen LogP contribution is 2.24. The van der Waals surface area contributed by atoms with Crippen molar-refractivity contribution in [3.63, 3.8) is 0 Å². The van der Waals surface area contributed by atoms with Crippen molar-refractivity contribution < 1.29 is 0 Å². The summed E-state index contributed by atoms with van der Waals surface area (Å²) < 4.78 is 0. The molecule has 1 saturated heterocycles. The van der Waals surface area contributed by atoms with E-state index in [1.54, 1.807) is 0 Å². The molecule has 1 unspecified atom stereocenters. The molecule has 0 aromatic rings. The lowest BCUT2D eigenvalue weighted by Crippen LogP contribution is -2.33. The van der Waals surface area contributed by atoms with E-state index in [9.17, 15) is 0 Å². The molecule has 1 aliphatic heterocycles. The van der Waals surface area contributed by atoms with Gasteiger partial charge >= 0.3 is 0 Å². The number of hydrogen-bond donors (Lipinski definition) is 1. The average molecular weight is 224 g/mol. The molecular formula is C14H28N2. The minimum Gasteiger partial charge on any atom is -0.312 e. The maximum Gasteiger partial charge on any atom is 0.0132 e. The third-order valence-corrected chi connectivity index (χ3v) is 3.70. The zero-order valence-corrected chi connectivity index (χ0v) is 11.0. The smallest absolute Gasteiger partial charge is 0.0132 e. The zero-order valence-electron chi connectivity index (χ0n) is 11.0. The second kappa shape index (κ2) is 7.86. The summed E-state index contributed by atoms with van der Waals surface area (Å²) in [5.74, 6) is 1.81. The lowest BCUT2D eigenvalue weighted by Gasteiger charge is -2.21. The first-order valence-electron chi connectivity index (χ1n) is 6.78. The van der Waals surface area contributed by atoms with Crippen molar-refractivity contribution >= 4 is 0 Å². The van der Waals surface area contributed by atoms with Gasteiger partial charge in [0.1, 0.15) is 0 Å². The van der Waals surface area contributed by atoms with Crippen LogP contribution in [0, 0.1) is 11.8 Å². The standard InChI is InChI=1S/C14H28N2/c1-4-8-15-9-12-16-10-5-6-14(7-11-16)13(2)3/h4,13-15H,1,5-12H2,2-3H3. The Morgan fingerprint density at radius 3 is 2.88 bits per heavy atom.